The summed E-state index contributed by atoms with van der Waals surface area (Å²) >= 11 is 0. The Bertz CT molecular complexity index is 183. The first-order valence-electron chi connectivity index (χ1n) is 4.31. The van der Waals surface area contributed by atoms with Crippen LogP contribution < -0.4 is 5.32 Å². The third kappa shape index (κ3) is 3.40. The van der Waals surface area contributed by atoms with Crippen LogP contribution in [0.4, 0.5) is 0 Å². The lowest BCUT2D eigenvalue weighted by Gasteiger charge is -2.19. The van der Waals surface area contributed by atoms with Gasteiger partial charge in [-0.2, -0.15) is 5.26 Å². The molecule has 1 aliphatic heterocycles. The molecule has 3 heteroatoms. The van der Waals surface area contributed by atoms with Crippen molar-refractivity contribution in [1.29, 1.82) is 5.26 Å². The molecule has 1 heterocycles. The molecule has 0 fully saturated rings. The molecule has 0 bridgehead atoms. The lowest BCUT2D eigenvalue weighted by molar-refractivity contribution is 0.123. The van der Waals surface area contributed by atoms with Crippen LogP contribution in [0.5, 0.6) is 0 Å². The van der Waals surface area contributed by atoms with Gasteiger partial charge in [-0.25, -0.2) is 0 Å². The number of nitrogens with zero attached hydrogens (tertiary/aromatic N) is 1. The number of ether oxygens (including phenoxy) is 1. The number of hydrogen-bond donors (Lipinski definition) is 1. The summed E-state index contributed by atoms with van der Waals surface area (Å²) < 4.78 is 5.33. The van der Waals surface area contributed by atoms with Crippen molar-refractivity contribution in [2.75, 3.05) is 13.1 Å². The van der Waals surface area contributed by atoms with Crippen LogP contribution in [0.3, 0.4) is 0 Å². The summed E-state index contributed by atoms with van der Waals surface area (Å²) in [5.41, 5.74) is 0. The first-order chi connectivity index (χ1) is 5.93. The van der Waals surface area contributed by atoms with Gasteiger partial charge < -0.3 is 10.1 Å². The van der Waals surface area contributed by atoms with Crippen LogP contribution in [-0.4, -0.2) is 19.2 Å². The first-order valence-corrected chi connectivity index (χ1v) is 4.31. The molecule has 0 aromatic carbocycles. The molecule has 0 aromatic heterocycles. The molecule has 1 atom stereocenters. The molecule has 66 valence electrons. The Kier molecular flexibility index (Phi) is 4.25. The van der Waals surface area contributed by atoms with Crippen molar-refractivity contribution in [3.05, 3.63) is 12.3 Å². The first kappa shape index (κ1) is 9.08. The predicted molar refractivity (Wildman–Crippen MR) is 46.3 cm³/mol. The standard InChI is InChI=1S/C9H14N2O/c10-5-3-6-11-8-9-4-1-2-7-12-9/h2,7,9,11H,1,3-4,6,8H2. The summed E-state index contributed by atoms with van der Waals surface area (Å²) in [7, 11) is 0. The Morgan fingerprint density at radius 2 is 2.58 bits per heavy atom. The molecule has 3 nitrogen and oxygen atoms in total. The topological polar surface area (TPSA) is 45.0 Å². The largest absolute Gasteiger partial charge is 0.497 e. The predicted octanol–water partition coefficient (Wildman–Crippen LogP) is 1.18. The van der Waals surface area contributed by atoms with Gasteiger partial charge in [-0.15, -0.1) is 0 Å². The molecule has 0 saturated carbocycles. The smallest absolute Gasteiger partial charge is 0.110 e. The number of hydrogen-bond acceptors (Lipinski definition) is 3. The van der Waals surface area contributed by atoms with Gasteiger partial charge >= 0.3 is 0 Å². The molecule has 12 heavy (non-hydrogen) atoms. The van der Waals surface area contributed by atoms with Crippen LogP contribution in [0.25, 0.3) is 0 Å². The van der Waals surface area contributed by atoms with Crippen molar-refractivity contribution in [2.45, 2.75) is 25.4 Å². The van der Waals surface area contributed by atoms with E-state index in [1.807, 2.05) is 6.08 Å². The Hall–Kier alpha value is -1.01. The molecule has 0 saturated heterocycles. The van der Waals surface area contributed by atoms with Gasteiger partial charge in [0.1, 0.15) is 6.10 Å². The highest BCUT2D eigenvalue weighted by molar-refractivity contribution is 4.83. The minimum atomic E-state index is 0.300. The van der Waals surface area contributed by atoms with E-state index in [9.17, 15) is 0 Å². The fourth-order valence-corrected chi connectivity index (χ4v) is 1.14. The van der Waals surface area contributed by atoms with E-state index in [-0.39, 0.29) is 0 Å². The molecular weight excluding hydrogens is 152 g/mol. The van der Waals surface area contributed by atoms with Crippen molar-refractivity contribution in [2.24, 2.45) is 0 Å². The molecule has 1 rings (SSSR count). The van der Waals surface area contributed by atoms with Crippen molar-refractivity contribution >= 4 is 0 Å². The van der Waals surface area contributed by atoms with E-state index < -0.39 is 0 Å². The summed E-state index contributed by atoms with van der Waals surface area (Å²) in [6.07, 6.45) is 6.85. The number of allylic oxidation sites excluding steroid dienone is 1. The minimum Gasteiger partial charge on any atom is -0.497 e. The Morgan fingerprint density at radius 1 is 1.67 bits per heavy atom. The van der Waals surface area contributed by atoms with Crippen molar-refractivity contribution < 1.29 is 4.74 Å². The monoisotopic (exact) mass is 166 g/mol. The Labute approximate surface area is 73.0 Å². The van der Waals surface area contributed by atoms with E-state index in [4.69, 9.17) is 10.00 Å². The maximum atomic E-state index is 8.27. The number of nitriles is 1. The van der Waals surface area contributed by atoms with Crippen LogP contribution in [0.1, 0.15) is 19.3 Å². The zero-order valence-corrected chi connectivity index (χ0v) is 7.12. The van der Waals surface area contributed by atoms with Crippen LogP contribution in [0, 0.1) is 11.3 Å². The molecule has 0 radical (unpaired) electrons. The highest BCUT2D eigenvalue weighted by Gasteiger charge is 2.08. The summed E-state index contributed by atoms with van der Waals surface area (Å²) in [6.45, 7) is 1.62. The van der Waals surface area contributed by atoms with Gasteiger partial charge in [0.25, 0.3) is 0 Å². The number of rotatable bonds is 4. The normalized spacial score (nSPS) is 21.4. The van der Waals surface area contributed by atoms with Crippen LogP contribution >= 0.6 is 0 Å². The van der Waals surface area contributed by atoms with Crippen molar-refractivity contribution in [3.8, 4) is 6.07 Å². The summed E-state index contributed by atoms with van der Waals surface area (Å²) in [4.78, 5) is 0. The summed E-state index contributed by atoms with van der Waals surface area (Å²) in [5, 5.41) is 11.4. The van der Waals surface area contributed by atoms with E-state index >= 15 is 0 Å². The average molecular weight is 166 g/mol. The quantitative estimate of drug-likeness (QED) is 0.638. The molecule has 0 spiro atoms. The van der Waals surface area contributed by atoms with Crippen LogP contribution in [-0.2, 0) is 4.74 Å². The van der Waals surface area contributed by atoms with Crippen LogP contribution in [0.2, 0.25) is 0 Å². The van der Waals surface area contributed by atoms with E-state index in [1.165, 1.54) is 0 Å². The lowest BCUT2D eigenvalue weighted by Crippen LogP contribution is -2.29. The second-order valence-corrected chi connectivity index (χ2v) is 2.82. The maximum absolute atomic E-state index is 8.27. The highest BCUT2D eigenvalue weighted by Crippen LogP contribution is 2.08. The van der Waals surface area contributed by atoms with E-state index in [0.29, 0.717) is 12.5 Å². The third-order valence-electron chi connectivity index (χ3n) is 1.81. The average Bonchev–Trinajstić information content (AvgIpc) is 2.14. The van der Waals surface area contributed by atoms with Gasteiger partial charge in [0.05, 0.1) is 12.3 Å². The molecule has 1 N–H and O–H groups in total. The van der Waals surface area contributed by atoms with Gasteiger partial charge in [0.15, 0.2) is 0 Å². The Balaban J connectivity index is 2.00. The lowest BCUT2D eigenvalue weighted by atomic mass is 10.1. The minimum absolute atomic E-state index is 0.300. The zero-order valence-electron chi connectivity index (χ0n) is 7.12. The van der Waals surface area contributed by atoms with Gasteiger partial charge in [-0.1, -0.05) is 0 Å². The summed E-state index contributed by atoms with van der Waals surface area (Å²) in [5.74, 6) is 0. The SMILES string of the molecule is N#CCCNCC1CCC=CO1. The fourth-order valence-electron chi connectivity index (χ4n) is 1.14. The maximum Gasteiger partial charge on any atom is 0.110 e. The molecule has 1 unspecified atom stereocenters. The van der Waals surface area contributed by atoms with Gasteiger partial charge in [0, 0.05) is 19.5 Å². The molecule has 0 aromatic rings. The fraction of sp³-hybridized carbons (Fsp3) is 0.667. The van der Waals surface area contributed by atoms with E-state index in [2.05, 4.69) is 11.4 Å². The Morgan fingerprint density at radius 3 is 3.25 bits per heavy atom. The molecular formula is C9H14N2O. The third-order valence-corrected chi connectivity index (χ3v) is 1.81. The van der Waals surface area contributed by atoms with Gasteiger partial charge in [-0.3, -0.25) is 0 Å². The summed E-state index contributed by atoms with van der Waals surface area (Å²) in [6, 6.07) is 2.09. The highest BCUT2D eigenvalue weighted by atomic mass is 16.5. The zero-order chi connectivity index (χ0) is 8.65. The molecule has 0 amide bonds. The second-order valence-electron chi connectivity index (χ2n) is 2.82. The van der Waals surface area contributed by atoms with Crippen molar-refractivity contribution in [3.63, 3.8) is 0 Å². The van der Waals surface area contributed by atoms with E-state index in [1.54, 1.807) is 6.26 Å². The van der Waals surface area contributed by atoms with Gasteiger partial charge in [0.2, 0.25) is 0 Å². The van der Waals surface area contributed by atoms with Crippen LogP contribution in [0.15, 0.2) is 12.3 Å². The van der Waals surface area contributed by atoms with Crippen molar-refractivity contribution in [1.82, 2.24) is 5.32 Å². The molecule has 0 aliphatic carbocycles. The van der Waals surface area contributed by atoms with Gasteiger partial charge in [-0.05, 0) is 18.9 Å². The molecule has 1 aliphatic rings. The number of nitrogens with one attached hydrogen (secondary N) is 1. The second kappa shape index (κ2) is 5.62. The van der Waals surface area contributed by atoms with E-state index in [0.717, 1.165) is 25.9 Å².